The van der Waals surface area contributed by atoms with E-state index in [9.17, 15) is 0 Å². The van der Waals surface area contributed by atoms with Gasteiger partial charge in [0.1, 0.15) is 0 Å². The van der Waals surface area contributed by atoms with E-state index in [2.05, 4.69) is 40.3 Å². The van der Waals surface area contributed by atoms with E-state index in [0.29, 0.717) is 6.04 Å². The van der Waals surface area contributed by atoms with Crippen LogP contribution in [-0.4, -0.2) is 34.8 Å². The topological polar surface area (TPSA) is 40.4 Å². The van der Waals surface area contributed by atoms with Gasteiger partial charge >= 0.3 is 0 Å². The molecule has 2 N–H and O–H groups in total. The van der Waals surface area contributed by atoms with Gasteiger partial charge in [0.05, 0.1) is 5.69 Å². The molecule has 0 bridgehead atoms. The molecule has 0 spiro atoms. The highest BCUT2D eigenvalue weighted by Gasteiger charge is 2.19. The third kappa shape index (κ3) is 1.98. The molecule has 1 aromatic heterocycles. The first kappa shape index (κ1) is 11.6. The second kappa shape index (κ2) is 4.63. The van der Waals surface area contributed by atoms with Crippen molar-refractivity contribution < 1.29 is 5.21 Å². The Bertz CT molecular complexity index is 541. The number of hydrogen-bond acceptors (Lipinski definition) is 3. The van der Waals surface area contributed by atoms with Gasteiger partial charge in [-0.15, -0.1) is 0 Å². The first-order chi connectivity index (χ1) is 8.78. The monoisotopic (exact) mass is 245 g/mol. The van der Waals surface area contributed by atoms with Crippen LogP contribution in [0.5, 0.6) is 0 Å². The molecule has 18 heavy (non-hydrogen) atoms. The average Bonchev–Trinajstić information content (AvgIpc) is 2.82. The molecule has 1 aliphatic rings. The smallest absolute Gasteiger partial charge is 0.0609 e. The van der Waals surface area contributed by atoms with Crippen LogP contribution < -0.4 is 5.48 Å². The summed E-state index contributed by atoms with van der Waals surface area (Å²) in [7, 11) is 2.18. The maximum absolute atomic E-state index is 8.92. The predicted octanol–water partition coefficient (Wildman–Crippen LogP) is 2.71. The van der Waals surface area contributed by atoms with E-state index in [1.807, 2.05) is 12.1 Å². The van der Waals surface area contributed by atoms with Crippen molar-refractivity contribution >= 4 is 16.6 Å². The standard InChI is InChI=1S/C14H19N3O/c1-16-7-5-13(6-8-16)17-9-4-11-10-12(15-18)2-3-14(11)17/h2-4,9-10,13,15,18H,5-8H2,1H3. The highest BCUT2D eigenvalue weighted by Crippen LogP contribution is 2.28. The van der Waals surface area contributed by atoms with Crippen molar-refractivity contribution in [1.82, 2.24) is 9.47 Å². The number of nitrogens with zero attached hydrogens (tertiary/aromatic N) is 2. The highest BCUT2D eigenvalue weighted by molar-refractivity contribution is 5.83. The molecule has 1 aliphatic heterocycles. The van der Waals surface area contributed by atoms with Crippen molar-refractivity contribution in [3.63, 3.8) is 0 Å². The Kier molecular flexibility index (Phi) is 2.97. The molecule has 1 aromatic carbocycles. The van der Waals surface area contributed by atoms with Gasteiger partial charge in [-0.3, -0.25) is 10.7 Å². The summed E-state index contributed by atoms with van der Waals surface area (Å²) in [6.45, 7) is 2.33. The Morgan fingerprint density at radius 3 is 2.72 bits per heavy atom. The Hall–Kier alpha value is -1.52. The fourth-order valence-electron chi connectivity index (χ4n) is 2.83. The predicted molar refractivity (Wildman–Crippen MR) is 73.1 cm³/mol. The van der Waals surface area contributed by atoms with Crippen LogP contribution in [-0.2, 0) is 0 Å². The van der Waals surface area contributed by atoms with Crippen molar-refractivity contribution in [3.05, 3.63) is 30.5 Å². The summed E-state index contributed by atoms with van der Waals surface area (Å²) >= 11 is 0. The van der Waals surface area contributed by atoms with Crippen molar-refractivity contribution in [2.24, 2.45) is 0 Å². The van der Waals surface area contributed by atoms with Gasteiger partial charge in [-0.1, -0.05) is 0 Å². The Balaban J connectivity index is 1.93. The SMILES string of the molecule is CN1CCC(n2ccc3cc(NO)ccc32)CC1. The summed E-state index contributed by atoms with van der Waals surface area (Å²) in [4.78, 5) is 2.38. The summed E-state index contributed by atoms with van der Waals surface area (Å²) in [5.41, 5.74) is 4.19. The summed E-state index contributed by atoms with van der Waals surface area (Å²) in [5.74, 6) is 0. The van der Waals surface area contributed by atoms with Crippen molar-refractivity contribution in [2.45, 2.75) is 18.9 Å². The summed E-state index contributed by atoms with van der Waals surface area (Å²) < 4.78 is 2.38. The highest BCUT2D eigenvalue weighted by atomic mass is 16.5. The fourth-order valence-corrected chi connectivity index (χ4v) is 2.83. The van der Waals surface area contributed by atoms with Crippen LogP contribution in [0.25, 0.3) is 10.9 Å². The van der Waals surface area contributed by atoms with Crippen molar-refractivity contribution in [3.8, 4) is 0 Å². The number of nitrogens with one attached hydrogen (secondary N) is 1. The number of hydrogen-bond donors (Lipinski definition) is 2. The maximum atomic E-state index is 8.92. The fraction of sp³-hybridized carbons (Fsp3) is 0.429. The Morgan fingerprint density at radius 1 is 1.22 bits per heavy atom. The van der Waals surface area contributed by atoms with Crippen LogP contribution in [0.3, 0.4) is 0 Å². The lowest BCUT2D eigenvalue weighted by molar-refractivity contribution is 0.224. The molecule has 2 heterocycles. The minimum atomic E-state index is 0.603. The Labute approximate surface area is 107 Å². The molecule has 2 aromatic rings. The van der Waals surface area contributed by atoms with Gasteiger partial charge in [0.15, 0.2) is 0 Å². The summed E-state index contributed by atoms with van der Waals surface area (Å²) in [6, 6.07) is 8.68. The molecule has 96 valence electrons. The second-order valence-electron chi connectivity index (χ2n) is 5.14. The van der Waals surface area contributed by atoms with E-state index in [4.69, 9.17) is 5.21 Å². The molecule has 0 amide bonds. The van der Waals surface area contributed by atoms with Crippen LogP contribution >= 0.6 is 0 Å². The Morgan fingerprint density at radius 2 is 2.00 bits per heavy atom. The van der Waals surface area contributed by atoms with Gasteiger partial charge in [-0.2, -0.15) is 0 Å². The first-order valence-corrected chi connectivity index (χ1v) is 6.47. The normalized spacial score (nSPS) is 18.3. The number of benzene rings is 1. The zero-order valence-electron chi connectivity index (χ0n) is 10.6. The van der Waals surface area contributed by atoms with Gasteiger partial charge in [0.25, 0.3) is 0 Å². The van der Waals surface area contributed by atoms with Gasteiger partial charge in [0, 0.05) is 23.1 Å². The molecular weight excluding hydrogens is 226 g/mol. The van der Waals surface area contributed by atoms with Gasteiger partial charge in [0.2, 0.25) is 0 Å². The van der Waals surface area contributed by atoms with Gasteiger partial charge in [-0.05, 0) is 57.2 Å². The number of piperidine rings is 1. The largest absolute Gasteiger partial charge is 0.344 e. The molecule has 0 saturated carbocycles. The minimum Gasteiger partial charge on any atom is -0.344 e. The summed E-state index contributed by atoms with van der Waals surface area (Å²) in [5, 5.41) is 10.1. The molecule has 1 fully saturated rings. The number of anilines is 1. The zero-order chi connectivity index (χ0) is 12.5. The maximum Gasteiger partial charge on any atom is 0.0609 e. The molecule has 4 nitrogen and oxygen atoms in total. The lowest BCUT2D eigenvalue weighted by Gasteiger charge is -2.30. The number of rotatable bonds is 2. The molecule has 0 radical (unpaired) electrons. The van der Waals surface area contributed by atoms with E-state index < -0.39 is 0 Å². The van der Waals surface area contributed by atoms with Gasteiger partial charge in [-0.25, -0.2) is 0 Å². The third-order valence-electron chi connectivity index (χ3n) is 3.93. The second-order valence-corrected chi connectivity index (χ2v) is 5.14. The molecule has 1 saturated heterocycles. The van der Waals surface area contributed by atoms with E-state index in [0.717, 1.165) is 5.69 Å². The van der Waals surface area contributed by atoms with Crippen LogP contribution in [0.15, 0.2) is 30.5 Å². The van der Waals surface area contributed by atoms with Crippen LogP contribution in [0.1, 0.15) is 18.9 Å². The molecule has 3 rings (SSSR count). The summed E-state index contributed by atoms with van der Waals surface area (Å²) in [6.07, 6.45) is 4.59. The third-order valence-corrected chi connectivity index (χ3v) is 3.93. The molecule has 0 unspecified atom stereocenters. The van der Waals surface area contributed by atoms with Gasteiger partial charge < -0.3 is 9.47 Å². The van der Waals surface area contributed by atoms with E-state index in [1.54, 1.807) is 0 Å². The number of fused-ring (bicyclic) bond motifs is 1. The van der Waals surface area contributed by atoms with Crippen LogP contribution in [0.2, 0.25) is 0 Å². The van der Waals surface area contributed by atoms with E-state index in [1.165, 1.54) is 36.8 Å². The zero-order valence-corrected chi connectivity index (χ0v) is 10.6. The average molecular weight is 245 g/mol. The quantitative estimate of drug-likeness (QED) is 0.799. The lowest BCUT2D eigenvalue weighted by Crippen LogP contribution is -2.31. The number of aromatic nitrogens is 1. The van der Waals surface area contributed by atoms with Crippen molar-refractivity contribution in [1.29, 1.82) is 0 Å². The molecular formula is C14H19N3O. The van der Waals surface area contributed by atoms with E-state index in [-0.39, 0.29) is 0 Å². The molecule has 0 atom stereocenters. The number of likely N-dealkylation sites (tertiary alicyclic amines) is 1. The lowest BCUT2D eigenvalue weighted by atomic mass is 10.1. The van der Waals surface area contributed by atoms with Crippen molar-refractivity contribution in [2.75, 3.05) is 25.6 Å². The minimum absolute atomic E-state index is 0.603. The molecule has 0 aliphatic carbocycles. The molecule has 4 heteroatoms. The first-order valence-electron chi connectivity index (χ1n) is 6.47. The van der Waals surface area contributed by atoms with Crippen LogP contribution in [0.4, 0.5) is 5.69 Å². The van der Waals surface area contributed by atoms with E-state index >= 15 is 0 Å². The van der Waals surface area contributed by atoms with Crippen LogP contribution in [0, 0.1) is 0 Å².